The van der Waals surface area contributed by atoms with Crippen LogP contribution >= 0.6 is 0 Å². The molecule has 30 heavy (non-hydrogen) atoms. The van der Waals surface area contributed by atoms with E-state index in [1.54, 1.807) is 0 Å². The highest BCUT2D eigenvalue weighted by molar-refractivity contribution is 6.21. The van der Waals surface area contributed by atoms with Gasteiger partial charge in [0.2, 0.25) is 5.96 Å². The predicted octanol–water partition coefficient (Wildman–Crippen LogP) is 2.63. The number of hydrogen-bond acceptors (Lipinski definition) is 7. The number of guanidine groups is 1. The van der Waals surface area contributed by atoms with Crippen molar-refractivity contribution in [2.45, 2.75) is 6.42 Å². The number of aliphatic imine (C=N–C) groups is 1. The molecular weight excluding hydrogens is 374 g/mol. The summed E-state index contributed by atoms with van der Waals surface area (Å²) in [5.74, 6) is 1.67. The molecule has 2 aliphatic heterocycles. The van der Waals surface area contributed by atoms with Crippen molar-refractivity contribution in [2.24, 2.45) is 15.2 Å². The van der Waals surface area contributed by atoms with Gasteiger partial charge in [0.15, 0.2) is 0 Å². The van der Waals surface area contributed by atoms with Gasteiger partial charge in [0, 0.05) is 24.2 Å². The quantitative estimate of drug-likeness (QED) is 0.303. The van der Waals surface area contributed by atoms with Gasteiger partial charge in [-0.2, -0.15) is 10.2 Å². The first kappa shape index (κ1) is 18.2. The second kappa shape index (κ2) is 8.24. The summed E-state index contributed by atoms with van der Waals surface area (Å²) in [6, 6.07) is 16.7. The van der Waals surface area contributed by atoms with E-state index in [0.717, 1.165) is 64.5 Å². The number of hydrazone groups is 2. The van der Waals surface area contributed by atoms with E-state index in [9.17, 15) is 0 Å². The highest BCUT2D eigenvalue weighted by atomic mass is 15.4. The van der Waals surface area contributed by atoms with Crippen molar-refractivity contribution in [3.05, 3.63) is 71.6 Å². The molecule has 0 atom stereocenters. The molecular formula is C23H23N7. The molecule has 0 bridgehead atoms. The average molecular weight is 397 g/mol. The van der Waals surface area contributed by atoms with E-state index in [1.807, 2.05) is 12.4 Å². The van der Waals surface area contributed by atoms with Crippen LogP contribution in [0.15, 0.2) is 75.6 Å². The fourth-order valence-electron chi connectivity index (χ4n) is 3.85. The van der Waals surface area contributed by atoms with Gasteiger partial charge in [-0.1, -0.05) is 48.5 Å². The van der Waals surface area contributed by atoms with Gasteiger partial charge in [-0.05, 0) is 34.0 Å². The van der Waals surface area contributed by atoms with Gasteiger partial charge >= 0.3 is 0 Å². The Morgan fingerprint density at radius 1 is 0.767 bits per heavy atom. The van der Waals surface area contributed by atoms with Gasteiger partial charge in [-0.3, -0.25) is 5.43 Å². The molecule has 0 amide bonds. The number of rotatable bonds is 5. The highest BCUT2D eigenvalue weighted by Gasteiger charge is 2.12. The van der Waals surface area contributed by atoms with Gasteiger partial charge in [0.05, 0.1) is 19.0 Å². The minimum atomic E-state index is 0.713. The lowest BCUT2D eigenvalue weighted by Crippen LogP contribution is -2.30. The molecule has 7 nitrogen and oxygen atoms in total. The molecule has 5 rings (SSSR count). The maximum atomic E-state index is 4.49. The summed E-state index contributed by atoms with van der Waals surface area (Å²) in [7, 11) is 0. The van der Waals surface area contributed by atoms with E-state index >= 15 is 0 Å². The summed E-state index contributed by atoms with van der Waals surface area (Å²) in [6.07, 6.45) is 6.92. The number of benzene rings is 3. The van der Waals surface area contributed by atoms with Crippen LogP contribution < -0.4 is 21.5 Å². The molecule has 7 heteroatoms. The lowest BCUT2D eigenvalue weighted by molar-refractivity contribution is 0.764. The lowest BCUT2D eigenvalue weighted by Gasteiger charge is -2.12. The molecule has 0 unspecified atom stereocenters. The first-order valence-corrected chi connectivity index (χ1v) is 10.1. The van der Waals surface area contributed by atoms with Crippen LogP contribution in [0.4, 0.5) is 0 Å². The molecule has 4 N–H and O–H groups in total. The zero-order valence-corrected chi connectivity index (χ0v) is 16.5. The van der Waals surface area contributed by atoms with Crippen molar-refractivity contribution in [3.8, 4) is 0 Å². The first-order chi connectivity index (χ1) is 14.9. The SMILES string of the molecule is C1=C(N/N=C/c2c3ccccc3c(/C=N/NC3=NCCN3)c3ccccc23)NCC1. The van der Waals surface area contributed by atoms with Crippen LogP contribution in [0.3, 0.4) is 0 Å². The Balaban J connectivity index is 1.58. The van der Waals surface area contributed by atoms with E-state index in [1.165, 1.54) is 0 Å². The van der Waals surface area contributed by atoms with Crippen molar-refractivity contribution >= 4 is 39.9 Å². The Kier molecular flexibility index (Phi) is 4.99. The normalized spacial score (nSPS) is 16.1. The van der Waals surface area contributed by atoms with E-state index in [4.69, 9.17) is 0 Å². The topological polar surface area (TPSA) is 85.2 Å². The van der Waals surface area contributed by atoms with Crippen LogP contribution in [0.2, 0.25) is 0 Å². The number of nitrogens with one attached hydrogen (secondary N) is 4. The van der Waals surface area contributed by atoms with Crippen LogP contribution in [-0.2, 0) is 0 Å². The molecule has 2 aliphatic rings. The maximum absolute atomic E-state index is 4.49. The summed E-state index contributed by atoms with van der Waals surface area (Å²) in [4.78, 5) is 4.32. The number of fused-ring (bicyclic) bond motifs is 2. The lowest BCUT2D eigenvalue weighted by atomic mass is 9.92. The predicted molar refractivity (Wildman–Crippen MR) is 124 cm³/mol. The molecule has 3 aromatic rings. The zero-order chi connectivity index (χ0) is 20.2. The standard InChI is InChI=1S/C23H23N7/c1-3-8-18-16(6-1)20(14-27-29-22-10-5-11-24-22)17-7-2-4-9-19(17)21(18)15-28-30-23-25-12-13-26-23/h1-4,6-10,14-15,24,29H,5,11-13H2,(H2,25,26,30)/b27-14+,28-15+. The van der Waals surface area contributed by atoms with Crippen molar-refractivity contribution in [1.82, 2.24) is 21.5 Å². The average Bonchev–Trinajstić information content (AvgIpc) is 3.49. The van der Waals surface area contributed by atoms with Crippen molar-refractivity contribution in [1.29, 1.82) is 0 Å². The third-order valence-electron chi connectivity index (χ3n) is 5.24. The summed E-state index contributed by atoms with van der Waals surface area (Å²) in [5, 5.41) is 19.9. The molecule has 0 radical (unpaired) electrons. The highest BCUT2D eigenvalue weighted by Crippen LogP contribution is 2.31. The molecule has 0 fully saturated rings. The van der Waals surface area contributed by atoms with Gasteiger partial charge in [-0.25, -0.2) is 10.4 Å². The van der Waals surface area contributed by atoms with E-state index < -0.39 is 0 Å². The molecule has 0 saturated carbocycles. The van der Waals surface area contributed by atoms with Gasteiger partial charge in [0.1, 0.15) is 5.82 Å². The second-order valence-corrected chi connectivity index (χ2v) is 7.15. The molecule has 2 heterocycles. The van der Waals surface area contributed by atoms with Gasteiger partial charge < -0.3 is 10.6 Å². The Bertz CT molecular complexity index is 1060. The monoisotopic (exact) mass is 397 g/mol. The summed E-state index contributed by atoms with van der Waals surface area (Å²) in [5.41, 5.74) is 8.25. The van der Waals surface area contributed by atoms with E-state index in [0.29, 0.717) is 5.96 Å². The smallest absolute Gasteiger partial charge is 0.212 e. The van der Waals surface area contributed by atoms with Crippen molar-refractivity contribution in [3.63, 3.8) is 0 Å². The van der Waals surface area contributed by atoms with E-state index in [-0.39, 0.29) is 0 Å². The molecule has 150 valence electrons. The molecule has 3 aromatic carbocycles. The molecule has 0 aliphatic carbocycles. The van der Waals surface area contributed by atoms with Gasteiger partial charge in [-0.15, -0.1) is 0 Å². The molecule has 0 spiro atoms. The van der Waals surface area contributed by atoms with Crippen molar-refractivity contribution < 1.29 is 0 Å². The fraction of sp³-hybridized carbons (Fsp3) is 0.174. The van der Waals surface area contributed by atoms with Crippen LogP contribution in [0.25, 0.3) is 21.5 Å². The summed E-state index contributed by atoms with van der Waals surface area (Å²) in [6.45, 7) is 2.57. The minimum absolute atomic E-state index is 0.713. The minimum Gasteiger partial charge on any atom is -0.370 e. The second-order valence-electron chi connectivity index (χ2n) is 7.15. The van der Waals surface area contributed by atoms with Crippen LogP contribution in [0.1, 0.15) is 17.5 Å². The maximum Gasteiger partial charge on any atom is 0.212 e. The number of nitrogens with zero attached hydrogens (tertiary/aromatic N) is 3. The summed E-state index contributed by atoms with van der Waals surface area (Å²) < 4.78 is 0. The third kappa shape index (κ3) is 3.57. The van der Waals surface area contributed by atoms with Gasteiger partial charge in [0.25, 0.3) is 0 Å². The Hall–Kier alpha value is -3.87. The van der Waals surface area contributed by atoms with Crippen LogP contribution in [0.5, 0.6) is 0 Å². The largest absolute Gasteiger partial charge is 0.370 e. The van der Waals surface area contributed by atoms with Crippen molar-refractivity contribution in [2.75, 3.05) is 19.6 Å². The Labute approximate surface area is 174 Å². The Morgan fingerprint density at radius 2 is 1.37 bits per heavy atom. The Morgan fingerprint density at radius 3 is 1.87 bits per heavy atom. The third-order valence-corrected chi connectivity index (χ3v) is 5.24. The molecule has 0 saturated heterocycles. The zero-order valence-electron chi connectivity index (χ0n) is 16.5. The summed E-state index contributed by atoms with van der Waals surface area (Å²) >= 11 is 0. The first-order valence-electron chi connectivity index (χ1n) is 10.1. The molecule has 0 aromatic heterocycles. The number of hydrogen-bond donors (Lipinski definition) is 4. The van der Waals surface area contributed by atoms with E-state index in [2.05, 4.69) is 91.3 Å². The fourth-order valence-corrected chi connectivity index (χ4v) is 3.85. The van der Waals surface area contributed by atoms with Crippen LogP contribution in [-0.4, -0.2) is 38.0 Å². The van der Waals surface area contributed by atoms with Crippen LogP contribution in [0, 0.1) is 0 Å².